The van der Waals surface area contributed by atoms with Crippen LogP contribution >= 0.6 is 0 Å². The van der Waals surface area contributed by atoms with Crippen molar-refractivity contribution in [3.8, 4) is 0 Å². The van der Waals surface area contributed by atoms with Crippen LogP contribution in [0.25, 0.3) is 0 Å². The lowest BCUT2D eigenvalue weighted by atomic mass is 9.84. The summed E-state index contributed by atoms with van der Waals surface area (Å²) >= 11 is 0. The highest BCUT2D eigenvalue weighted by Crippen LogP contribution is 2.31. The summed E-state index contributed by atoms with van der Waals surface area (Å²) in [6, 6.07) is 0.860. The zero-order valence-electron chi connectivity index (χ0n) is 10.9. The molecule has 5 atom stereocenters. The van der Waals surface area contributed by atoms with E-state index in [1.807, 2.05) is 6.92 Å². The van der Waals surface area contributed by atoms with Crippen molar-refractivity contribution in [2.45, 2.75) is 56.9 Å². The molecule has 4 heteroatoms. The minimum atomic E-state index is 0.176. The van der Waals surface area contributed by atoms with E-state index < -0.39 is 0 Å². The van der Waals surface area contributed by atoms with Gasteiger partial charge in [0.25, 0.3) is 0 Å². The van der Waals surface area contributed by atoms with E-state index in [4.69, 9.17) is 9.47 Å². The number of hydrogen-bond donors (Lipinski definition) is 2. The molecule has 2 aliphatic rings. The molecule has 0 bridgehead atoms. The maximum atomic E-state index is 9.30. The standard InChI is InChI=1S/C13H25NO3/c1-3-17-12-7-11(13(12)16-2)14-10-6-4-5-9(10)8-15/h9-15H,3-8H2,1-2H3. The van der Waals surface area contributed by atoms with Crippen LogP contribution in [0.2, 0.25) is 0 Å². The van der Waals surface area contributed by atoms with E-state index in [-0.39, 0.29) is 12.2 Å². The molecule has 0 aliphatic heterocycles. The predicted octanol–water partition coefficient (Wildman–Crippen LogP) is 0.929. The van der Waals surface area contributed by atoms with Crippen LogP contribution in [-0.2, 0) is 9.47 Å². The van der Waals surface area contributed by atoms with E-state index in [9.17, 15) is 5.11 Å². The Morgan fingerprint density at radius 3 is 2.76 bits per heavy atom. The Balaban J connectivity index is 1.80. The Bertz CT molecular complexity index is 237. The SMILES string of the molecule is CCOC1CC(NC2CCCC2CO)C1OC. The minimum Gasteiger partial charge on any atom is -0.396 e. The third-order valence-electron chi connectivity index (χ3n) is 4.22. The molecule has 0 aromatic rings. The zero-order valence-corrected chi connectivity index (χ0v) is 10.9. The van der Waals surface area contributed by atoms with Gasteiger partial charge in [-0.2, -0.15) is 0 Å². The first-order chi connectivity index (χ1) is 8.30. The molecule has 0 amide bonds. The number of methoxy groups -OCH3 is 1. The number of nitrogens with one attached hydrogen (secondary N) is 1. The van der Waals surface area contributed by atoms with Crippen molar-refractivity contribution < 1.29 is 14.6 Å². The zero-order chi connectivity index (χ0) is 12.3. The highest BCUT2D eigenvalue weighted by atomic mass is 16.5. The maximum absolute atomic E-state index is 9.30. The van der Waals surface area contributed by atoms with Crippen molar-refractivity contribution in [1.82, 2.24) is 5.32 Å². The van der Waals surface area contributed by atoms with Crippen LogP contribution in [0.15, 0.2) is 0 Å². The van der Waals surface area contributed by atoms with Gasteiger partial charge in [-0.15, -0.1) is 0 Å². The van der Waals surface area contributed by atoms with Gasteiger partial charge in [-0.3, -0.25) is 0 Å². The fourth-order valence-electron chi connectivity index (χ4n) is 3.19. The summed E-state index contributed by atoms with van der Waals surface area (Å²) in [5.41, 5.74) is 0. The topological polar surface area (TPSA) is 50.7 Å². The number of aliphatic hydroxyl groups excluding tert-OH is 1. The highest BCUT2D eigenvalue weighted by Gasteiger charge is 2.44. The van der Waals surface area contributed by atoms with Crippen LogP contribution in [-0.4, -0.2) is 49.7 Å². The molecule has 0 spiro atoms. The van der Waals surface area contributed by atoms with Crippen LogP contribution < -0.4 is 5.32 Å². The van der Waals surface area contributed by atoms with Gasteiger partial charge in [0.05, 0.1) is 12.2 Å². The molecule has 2 aliphatic carbocycles. The third-order valence-corrected chi connectivity index (χ3v) is 4.22. The fourth-order valence-corrected chi connectivity index (χ4v) is 3.19. The fraction of sp³-hybridized carbons (Fsp3) is 1.00. The first-order valence-electron chi connectivity index (χ1n) is 6.81. The highest BCUT2D eigenvalue weighted by molar-refractivity contribution is 5.00. The van der Waals surface area contributed by atoms with Crippen molar-refractivity contribution >= 4 is 0 Å². The average molecular weight is 243 g/mol. The van der Waals surface area contributed by atoms with E-state index >= 15 is 0 Å². The number of aliphatic hydroxyl groups is 1. The van der Waals surface area contributed by atoms with Gasteiger partial charge in [0, 0.05) is 32.4 Å². The van der Waals surface area contributed by atoms with Crippen molar-refractivity contribution in [2.75, 3.05) is 20.3 Å². The average Bonchev–Trinajstić information content (AvgIpc) is 2.75. The quantitative estimate of drug-likeness (QED) is 0.728. The first kappa shape index (κ1) is 13.3. The molecule has 2 N–H and O–H groups in total. The lowest BCUT2D eigenvalue weighted by Gasteiger charge is -2.45. The molecule has 0 radical (unpaired) electrons. The smallest absolute Gasteiger partial charge is 0.0986 e. The number of rotatable bonds is 6. The van der Waals surface area contributed by atoms with Gasteiger partial charge in [-0.05, 0) is 32.1 Å². The largest absolute Gasteiger partial charge is 0.396 e. The molecule has 4 nitrogen and oxygen atoms in total. The van der Waals surface area contributed by atoms with Crippen LogP contribution in [0, 0.1) is 5.92 Å². The van der Waals surface area contributed by atoms with Gasteiger partial charge in [0.2, 0.25) is 0 Å². The molecule has 0 aromatic heterocycles. The molecule has 17 heavy (non-hydrogen) atoms. The first-order valence-corrected chi connectivity index (χ1v) is 6.81. The predicted molar refractivity (Wildman–Crippen MR) is 66.0 cm³/mol. The van der Waals surface area contributed by atoms with Gasteiger partial charge in [0.1, 0.15) is 0 Å². The number of hydrogen-bond acceptors (Lipinski definition) is 4. The Morgan fingerprint density at radius 1 is 1.29 bits per heavy atom. The summed E-state index contributed by atoms with van der Waals surface area (Å²) in [6.07, 6.45) is 5.00. The van der Waals surface area contributed by atoms with Gasteiger partial charge in [-0.25, -0.2) is 0 Å². The molecule has 2 rings (SSSR count). The summed E-state index contributed by atoms with van der Waals surface area (Å²) in [4.78, 5) is 0. The molecule has 0 heterocycles. The van der Waals surface area contributed by atoms with Crippen molar-refractivity contribution in [2.24, 2.45) is 5.92 Å². The summed E-state index contributed by atoms with van der Waals surface area (Å²) in [7, 11) is 1.75. The summed E-state index contributed by atoms with van der Waals surface area (Å²) < 4.78 is 11.1. The van der Waals surface area contributed by atoms with Crippen molar-refractivity contribution in [1.29, 1.82) is 0 Å². The maximum Gasteiger partial charge on any atom is 0.0986 e. The van der Waals surface area contributed by atoms with E-state index in [0.717, 1.165) is 19.4 Å². The molecular weight excluding hydrogens is 218 g/mol. The molecule has 0 saturated heterocycles. The molecule has 2 fully saturated rings. The van der Waals surface area contributed by atoms with Crippen LogP contribution in [0.1, 0.15) is 32.6 Å². The Hall–Kier alpha value is -0.160. The minimum absolute atomic E-state index is 0.176. The van der Waals surface area contributed by atoms with E-state index in [2.05, 4.69) is 5.32 Å². The summed E-state index contributed by atoms with van der Waals surface area (Å²) in [6.45, 7) is 3.07. The second-order valence-electron chi connectivity index (χ2n) is 5.18. The summed E-state index contributed by atoms with van der Waals surface area (Å²) in [5, 5.41) is 12.9. The molecule has 2 saturated carbocycles. The van der Waals surface area contributed by atoms with E-state index in [1.165, 1.54) is 12.8 Å². The van der Waals surface area contributed by atoms with Crippen LogP contribution in [0.3, 0.4) is 0 Å². The molecular formula is C13H25NO3. The van der Waals surface area contributed by atoms with Gasteiger partial charge in [-0.1, -0.05) is 6.42 Å². The Labute approximate surface area is 104 Å². The second-order valence-corrected chi connectivity index (χ2v) is 5.18. The van der Waals surface area contributed by atoms with Gasteiger partial charge in [0.15, 0.2) is 0 Å². The van der Waals surface area contributed by atoms with Gasteiger partial charge < -0.3 is 19.9 Å². The second kappa shape index (κ2) is 6.14. The van der Waals surface area contributed by atoms with Crippen LogP contribution in [0.5, 0.6) is 0 Å². The van der Waals surface area contributed by atoms with Crippen molar-refractivity contribution in [3.63, 3.8) is 0 Å². The van der Waals surface area contributed by atoms with Crippen LogP contribution in [0.4, 0.5) is 0 Å². The Kier molecular flexibility index (Phi) is 4.79. The van der Waals surface area contributed by atoms with E-state index in [1.54, 1.807) is 7.11 Å². The normalized spacial score (nSPS) is 41.5. The van der Waals surface area contributed by atoms with Gasteiger partial charge >= 0.3 is 0 Å². The van der Waals surface area contributed by atoms with Crippen molar-refractivity contribution in [3.05, 3.63) is 0 Å². The number of ether oxygens (including phenoxy) is 2. The molecule has 0 aromatic carbocycles. The third kappa shape index (κ3) is 2.81. The monoisotopic (exact) mass is 243 g/mol. The lowest BCUT2D eigenvalue weighted by molar-refractivity contribution is -0.134. The summed E-state index contributed by atoms with van der Waals surface area (Å²) in [5.74, 6) is 0.429. The van der Waals surface area contributed by atoms with E-state index in [0.29, 0.717) is 24.6 Å². The molecule has 5 unspecified atom stereocenters. The lowest BCUT2D eigenvalue weighted by Crippen LogP contribution is -2.62. The molecule has 100 valence electrons. The Morgan fingerprint density at radius 2 is 2.12 bits per heavy atom.